The second-order valence-electron chi connectivity index (χ2n) is 8.40. The van der Waals surface area contributed by atoms with Crippen LogP contribution in [0.3, 0.4) is 0 Å². The number of hydrogen-bond donors (Lipinski definition) is 0. The minimum atomic E-state index is -3.57. The highest BCUT2D eigenvalue weighted by molar-refractivity contribution is 7.89. The number of carbonyl (C=O) groups is 2. The maximum absolute atomic E-state index is 12.9. The van der Waals surface area contributed by atoms with Gasteiger partial charge in [-0.2, -0.15) is 4.31 Å². The summed E-state index contributed by atoms with van der Waals surface area (Å²) in [7, 11) is -3.57. The second-order valence-corrected chi connectivity index (χ2v) is 10.3. The first kappa shape index (κ1) is 21.6. The van der Waals surface area contributed by atoms with Crippen LogP contribution in [0.25, 0.3) is 0 Å². The van der Waals surface area contributed by atoms with E-state index in [1.165, 1.54) is 16.4 Å². The fourth-order valence-electron chi connectivity index (χ4n) is 3.47. The van der Waals surface area contributed by atoms with Gasteiger partial charge in [-0.1, -0.05) is 6.07 Å². The third kappa shape index (κ3) is 5.08. The quantitative estimate of drug-likeness (QED) is 0.744. The van der Waals surface area contributed by atoms with E-state index in [-0.39, 0.29) is 16.9 Å². The minimum absolute atomic E-state index is 0.151. The highest BCUT2D eigenvalue weighted by atomic mass is 32.2. The maximum Gasteiger partial charge on any atom is 0.410 e. The molecule has 0 saturated carbocycles. The van der Waals surface area contributed by atoms with Crippen molar-refractivity contribution >= 4 is 22.0 Å². The van der Waals surface area contributed by atoms with Gasteiger partial charge in [-0.15, -0.1) is 0 Å². The van der Waals surface area contributed by atoms with Crippen LogP contribution in [0, 0.1) is 0 Å². The predicted molar refractivity (Wildman–Crippen MR) is 108 cm³/mol. The van der Waals surface area contributed by atoms with Gasteiger partial charge in [-0.25, -0.2) is 13.2 Å². The van der Waals surface area contributed by atoms with Crippen LogP contribution in [-0.2, 0) is 14.8 Å². The largest absolute Gasteiger partial charge is 0.444 e. The lowest BCUT2D eigenvalue weighted by Gasteiger charge is -2.35. The zero-order chi connectivity index (χ0) is 21.2. The molecule has 160 valence electrons. The number of sulfonamides is 1. The van der Waals surface area contributed by atoms with E-state index >= 15 is 0 Å². The third-order valence-corrected chi connectivity index (χ3v) is 6.90. The number of piperazine rings is 1. The molecule has 2 fully saturated rings. The van der Waals surface area contributed by atoms with Crippen molar-refractivity contribution in [2.75, 3.05) is 39.3 Å². The summed E-state index contributed by atoms with van der Waals surface area (Å²) in [6.07, 6.45) is 1.34. The highest BCUT2D eigenvalue weighted by Gasteiger charge is 2.30. The Balaban J connectivity index is 1.65. The first-order chi connectivity index (χ1) is 13.6. The summed E-state index contributed by atoms with van der Waals surface area (Å²) < 4.78 is 32.4. The molecule has 0 aromatic heterocycles. The van der Waals surface area contributed by atoms with E-state index in [0.717, 1.165) is 12.8 Å². The fraction of sp³-hybridized carbons (Fsp3) is 0.600. The molecule has 9 heteroatoms. The predicted octanol–water partition coefficient (Wildman–Crippen LogP) is 2.16. The average molecular weight is 424 g/mol. The molecule has 2 saturated heterocycles. The molecular weight excluding hydrogens is 394 g/mol. The van der Waals surface area contributed by atoms with Gasteiger partial charge in [0.25, 0.3) is 5.91 Å². The van der Waals surface area contributed by atoms with Crippen LogP contribution >= 0.6 is 0 Å². The van der Waals surface area contributed by atoms with Gasteiger partial charge in [-0.3, -0.25) is 4.79 Å². The molecule has 0 atom stereocenters. The topological polar surface area (TPSA) is 87.2 Å². The molecule has 0 radical (unpaired) electrons. The van der Waals surface area contributed by atoms with Crippen molar-refractivity contribution in [1.82, 2.24) is 14.1 Å². The summed E-state index contributed by atoms with van der Waals surface area (Å²) in [5.74, 6) is -0.229. The van der Waals surface area contributed by atoms with Gasteiger partial charge >= 0.3 is 6.09 Å². The summed E-state index contributed by atoms with van der Waals surface area (Å²) in [5.41, 5.74) is -0.221. The molecule has 8 nitrogen and oxygen atoms in total. The molecule has 0 spiro atoms. The number of ether oxygens (including phenoxy) is 1. The Hall–Kier alpha value is -2.13. The van der Waals surface area contributed by atoms with Gasteiger partial charge < -0.3 is 14.5 Å². The van der Waals surface area contributed by atoms with E-state index in [0.29, 0.717) is 44.8 Å². The lowest BCUT2D eigenvalue weighted by molar-refractivity contribution is 0.0141. The Kier molecular flexibility index (Phi) is 6.19. The number of amides is 2. The van der Waals surface area contributed by atoms with E-state index in [9.17, 15) is 18.0 Å². The lowest BCUT2D eigenvalue weighted by atomic mass is 10.2. The zero-order valence-electron chi connectivity index (χ0n) is 17.3. The zero-order valence-corrected chi connectivity index (χ0v) is 18.1. The summed E-state index contributed by atoms with van der Waals surface area (Å²) >= 11 is 0. The monoisotopic (exact) mass is 423 g/mol. The molecule has 0 N–H and O–H groups in total. The van der Waals surface area contributed by atoms with Gasteiger partial charge in [0.15, 0.2) is 0 Å². The Morgan fingerprint density at radius 2 is 1.52 bits per heavy atom. The van der Waals surface area contributed by atoms with Gasteiger partial charge in [0.1, 0.15) is 5.60 Å². The van der Waals surface area contributed by atoms with Crippen LogP contribution in [0.5, 0.6) is 0 Å². The molecule has 2 aliphatic rings. The van der Waals surface area contributed by atoms with Crippen LogP contribution in [-0.4, -0.2) is 79.4 Å². The number of carbonyl (C=O) groups excluding carboxylic acids is 2. The Morgan fingerprint density at radius 3 is 2.10 bits per heavy atom. The molecule has 29 heavy (non-hydrogen) atoms. The third-order valence-electron chi connectivity index (χ3n) is 5.00. The van der Waals surface area contributed by atoms with Crippen molar-refractivity contribution in [3.63, 3.8) is 0 Å². The van der Waals surface area contributed by atoms with Gasteiger partial charge in [0.05, 0.1) is 4.90 Å². The second kappa shape index (κ2) is 8.31. The standard InChI is InChI=1S/C20H29N3O5S/c1-20(2,3)28-19(25)22-13-11-21(12-14-22)18(24)16-7-6-8-17(15-16)29(26,27)23-9-4-5-10-23/h6-8,15H,4-5,9-14H2,1-3H3. The van der Waals surface area contributed by atoms with Crippen molar-refractivity contribution in [3.8, 4) is 0 Å². The molecule has 3 rings (SSSR count). The van der Waals surface area contributed by atoms with E-state index in [2.05, 4.69) is 0 Å². The Morgan fingerprint density at radius 1 is 0.931 bits per heavy atom. The maximum atomic E-state index is 12.9. The highest BCUT2D eigenvalue weighted by Crippen LogP contribution is 2.22. The fourth-order valence-corrected chi connectivity index (χ4v) is 5.03. The summed E-state index contributed by atoms with van der Waals surface area (Å²) in [5, 5.41) is 0. The summed E-state index contributed by atoms with van der Waals surface area (Å²) in [6, 6.07) is 6.22. The molecule has 0 bridgehead atoms. The minimum Gasteiger partial charge on any atom is -0.444 e. The first-order valence-corrected chi connectivity index (χ1v) is 11.4. The van der Waals surface area contributed by atoms with E-state index in [1.807, 2.05) is 20.8 Å². The molecule has 0 unspecified atom stereocenters. The number of hydrogen-bond acceptors (Lipinski definition) is 5. The lowest BCUT2D eigenvalue weighted by Crippen LogP contribution is -2.51. The summed E-state index contributed by atoms with van der Waals surface area (Å²) in [4.78, 5) is 28.4. The Bertz CT molecular complexity index is 864. The number of nitrogens with zero attached hydrogens (tertiary/aromatic N) is 3. The molecule has 1 aromatic carbocycles. The van der Waals surface area contributed by atoms with Crippen LogP contribution in [0.4, 0.5) is 4.79 Å². The van der Waals surface area contributed by atoms with Crippen LogP contribution in [0.1, 0.15) is 44.0 Å². The van der Waals surface area contributed by atoms with Crippen molar-refractivity contribution in [1.29, 1.82) is 0 Å². The molecule has 0 aliphatic carbocycles. The number of rotatable bonds is 3. The SMILES string of the molecule is CC(C)(C)OC(=O)N1CCN(C(=O)c2cccc(S(=O)(=O)N3CCCC3)c2)CC1. The van der Waals surface area contributed by atoms with E-state index in [1.54, 1.807) is 21.9 Å². The molecular formula is C20H29N3O5S. The van der Waals surface area contributed by atoms with Gasteiger partial charge in [0, 0.05) is 44.8 Å². The first-order valence-electron chi connectivity index (χ1n) is 9.95. The smallest absolute Gasteiger partial charge is 0.410 e. The average Bonchev–Trinajstić information content (AvgIpc) is 3.22. The molecule has 2 aliphatic heterocycles. The Labute approximate surface area is 172 Å². The van der Waals surface area contributed by atoms with E-state index < -0.39 is 15.6 Å². The number of benzene rings is 1. The van der Waals surface area contributed by atoms with Crippen molar-refractivity contribution in [2.24, 2.45) is 0 Å². The van der Waals surface area contributed by atoms with Crippen LogP contribution < -0.4 is 0 Å². The van der Waals surface area contributed by atoms with Gasteiger partial charge in [0.2, 0.25) is 10.0 Å². The normalized spacial score (nSPS) is 18.7. The molecule has 1 aromatic rings. The molecule has 2 heterocycles. The summed E-state index contributed by atoms with van der Waals surface area (Å²) in [6.45, 7) is 8.00. The van der Waals surface area contributed by atoms with Crippen LogP contribution in [0.15, 0.2) is 29.2 Å². The van der Waals surface area contributed by atoms with Gasteiger partial charge in [-0.05, 0) is 51.8 Å². The van der Waals surface area contributed by atoms with E-state index in [4.69, 9.17) is 4.74 Å². The van der Waals surface area contributed by atoms with Crippen molar-refractivity contribution in [2.45, 2.75) is 44.1 Å². The van der Waals surface area contributed by atoms with Crippen molar-refractivity contribution in [3.05, 3.63) is 29.8 Å². The molecule has 2 amide bonds. The van der Waals surface area contributed by atoms with Crippen molar-refractivity contribution < 1.29 is 22.7 Å². The van der Waals surface area contributed by atoms with Crippen LogP contribution in [0.2, 0.25) is 0 Å².